The molecule has 1 atom stereocenters. The molecule has 7 nitrogen and oxygen atoms in total. The third-order valence-electron chi connectivity index (χ3n) is 3.06. The Hall–Kier alpha value is -1.64. The molecule has 8 heteroatoms. The van der Waals surface area contributed by atoms with Crippen LogP contribution in [0, 0.1) is 0 Å². The fraction of sp³-hybridized carbons (Fsp3) is 0.417. The molecule has 2 rings (SSSR count). The third kappa shape index (κ3) is 3.47. The molecular weight excluding hydrogens is 282 g/mol. The van der Waals surface area contributed by atoms with E-state index in [0.717, 1.165) is 0 Å². The highest BCUT2D eigenvalue weighted by Crippen LogP contribution is 2.14. The predicted octanol–water partition coefficient (Wildman–Crippen LogP) is 0.587. The van der Waals surface area contributed by atoms with Gasteiger partial charge in [0.1, 0.15) is 0 Å². The number of nitrogens with one attached hydrogen (secondary N) is 1. The van der Waals surface area contributed by atoms with Crippen LogP contribution in [0.4, 0.5) is 10.5 Å². The number of urea groups is 1. The lowest BCUT2D eigenvalue weighted by atomic mass is 10.2. The van der Waals surface area contributed by atoms with Gasteiger partial charge >= 0.3 is 6.03 Å². The van der Waals surface area contributed by atoms with Gasteiger partial charge in [-0.25, -0.2) is 18.4 Å². The van der Waals surface area contributed by atoms with Gasteiger partial charge in [-0.15, -0.1) is 0 Å². The van der Waals surface area contributed by atoms with Crippen LogP contribution in [0.15, 0.2) is 29.2 Å². The highest BCUT2D eigenvalue weighted by atomic mass is 32.2. The molecule has 1 aliphatic rings. The molecule has 1 saturated heterocycles. The Morgan fingerprint density at radius 2 is 2.05 bits per heavy atom. The number of anilines is 1. The first-order chi connectivity index (χ1) is 9.38. The number of amides is 2. The van der Waals surface area contributed by atoms with E-state index in [2.05, 4.69) is 5.32 Å². The molecule has 0 radical (unpaired) electrons. The second-order valence-corrected chi connectivity index (χ2v) is 6.18. The number of ether oxygens (including phenoxy) is 1. The summed E-state index contributed by atoms with van der Waals surface area (Å²) in [6, 6.07) is 5.49. The first-order valence-electron chi connectivity index (χ1n) is 6.16. The Balaban J connectivity index is 2.04. The summed E-state index contributed by atoms with van der Waals surface area (Å²) >= 11 is 0. The van der Waals surface area contributed by atoms with Gasteiger partial charge in [0.05, 0.1) is 24.2 Å². The molecule has 1 heterocycles. The minimum Gasteiger partial charge on any atom is -0.377 e. The second-order valence-electron chi connectivity index (χ2n) is 4.62. The van der Waals surface area contributed by atoms with Gasteiger partial charge in [-0.3, -0.25) is 0 Å². The van der Waals surface area contributed by atoms with Gasteiger partial charge in [0.25, 0.3) is 0 Å². The molecule has 1 aliphatic heterocycles. The Labute approximate surface area is 117 Å². The van der Waals surface area contributed by atoms with Crippen molar-refractivity contribution in [1.82, 2.24) is 4.90 Å². The molecular formula is C12H17N3O4S. The van der Waals surface area contributed by atoms with Gasteiger partial charge in [-0.2, -0.15) is 0 Å². The van der Waals surface area contributed by atoms with E-state index in [1.165, 1.54) is 24.3 Å². The first kappa shape index (κ1) is 14.8. The first-order valence-corrected chi connectivity index (χ1v) is 7.71. The van der Waals surface area contributed by atoms with Crippen molar-refractivity contribution in [3.05, 3.63) is 24.3 Å². The van der Waals surface area contributed by atoms with E-state index in [1.54, 1.807) is 4.90 Å². The SMILES string of the molecule is C[C@H]1COCCN1C(=O)Nc1ccc(S(N)(=O)=O)cc1. The molecule has 0 aromatic heterocycles. The summed E-state index contributed by atoms with van der Waals surface area (Å²) in [7, 11) is -3.72. The number of carbonyl (C=O) groups is 1. The summed E-state index contributed by atoms with van der Waals surface area (Å²) in [5.41, 5.74) is 0.515. The lowest BCUT2D eigenvalue weighted by Crippen LogP contribution is -2.48. The zero-order valence-electron chi connectivity index (χ0n) is 11.1. The largest absolute Gasteiger partial charge is 0.377 e. The molecule has 0 aliphatic carbocycles. The summed E-state index contributed by atoms with van der Waals surface area (Å²) < 4.78 is 27.5. The highest BCUT2D eigenvalue weighted by molar-refractivity contribution is 7.89. The summed E-state index contributed by atoms with van der Waals surface area (Å²) in [6.07, 6.45) is 0. The predicted molar refractivity (Wildman–Crippen MR) is 73.8 cm³/mol. The molecule has 1 aromatic carbocycles. The fourth-order valence-electron chi connectivity index (χ4n) is 1.95. The molecule has 0 unspecified atom stereocenters. The smallest absolute Gasteiger partial charge is 0.322 e. The average molecular weight is 299 g/mol. The van der Waals surface area contributed by atoms with Crippen LogP contribution in [0.3, 0.4) is 0 Å². The highest BCUT2D eigenvalue weighted by Gasteiger charge is 2.23. The van der Waals surface area contributed by atoms with E-state index < -0.39 is 10.0 Å². The number of sulfonamides is 1. The molecule has 110 valence electrons. The third-order valence-corrected chi connectivity index (χ3v) is 3.99. The van der Waals surface area contributed by atoms with E-state index in [9.17, 15) is 13.2 Å². The van der Waals surface area contributed by atoms with Gasteiger partial charge in [-0.05, 0) is 31.2 Å². The number of morpholine rings is 1. The van der Waals surface area contributed by atoms with Crippen LogP contribution in [0.1, 0.15) is 6.92 Å². The zero-order valence-corrected chi connectivity index (χ0v) is 11.9. The summed E-state index contributed by atoms with van der Waals surface area (Å²) in [4.78, 5) is 13.8. The van der Waals surface area contributed by atoms with Crippen LogP contribution in [0.5, 0.6) is 0 Å². The van der Waals surface area contributed by atoms with Crippen molar-refractivity contribution < 1.29 is 17.9 Å². The lowest BCUT2D eigenvalue weighted by molar-refractivity contribution is 0.0222. The number of nitrogens with zero attached hydrogens (tertiary/aromatic N) is 1. The standard InChI is InChI=1S/C12H17N3O4S/c1-9-8-19-7-6-15(9)12(16)14-10-2-4-11(5-3-10)20(13,17)18/h2-5,9H,6-8H2,1H3,(H,14,16)(H2,13,17,18)/t9-/m0/s1. The van der Waals surface area contributed by atoms with Crippen LogP contribution >= 0.6 is 0 Å². The molecule has 1 aromatic rings. The quantitative estimate of drug-likeness (QED) is 0.834. The van der Waals surface area contributed by atoms with Crippen LogP contribution in [-0.2, 0) is 14.8 Å². The van der Waals surface area contributed by atoms with Gasteiger partial charge in [0.2, 0.25) is 10.0 Å². The molecule has 0 saturated carbocycles. The summed E-state index contributed by atoms with van der Waals surface area (Å²) in [5.74, 6) is 0. The van der Waals surface area contributed by atoms with Crippen molar-refractivity contribution in [1.29, 1.82) is 0 Å². The van der Waals surface area contributed by atoms with Crippen molar-refractivity contribution in [2.45, 2.75) is 17.9 Å². The molecule has 2 amide bonds. The van der Waals surface area contributed by atoms with Crippen molar-refractivity contribution in [3.8, 4) is 0 Å². The summed E-state index contributed by atoms with van der Waals surface area (Å²) in [5, 5.41) is 7.72. The Morgan fingerprint density at radius 1 is 1.40 bits per heavy atom. The van der Waals surface area contributed by atoms with Crippen molar-refractivity contribution in [2.24, 2.45) is 5.14 Å². The minimum atomic E-state index is -3.72. The monoisotopic (exact) mass is 299 g/mol. The Morgan fingerprint density at radius 3 is 2.60 bits per heavy atom. The van der Waals surface area contributed by atoms with Gasteiger partial charge in [-0.1, -0.05) is 0 Å². The number of rotatable bonds is 2. The molecule has 0 spiro atoms. The molecule has 1 fully saturated rings. The minimum absolute atomic E-state index is 0.00689. The van der Waals surface area contributed by atoms with Gasteiger partial charge < -0.3 is 15.0 Å². The number of primary sulfonamides is 1. The normalized spacial score (nSPS) is 19.7. The van der Waals surface area contributed by atoms with Gasteiger partial charge in [0, 0.05) is 12.2 Å². The summed E-state index contributed by atoms with van der Waals surface area (Å²) in [6.45, 7) is 3.46. The number of nitrogens with two attached hydrogens (primary N) is 1. The maximum atomic E-state index is 12.1. The zero-order chi connectivity index (χ0) is 14.8. The average Bonchev–Trinajstić information content (AvgIpc) is 2.38. The fourth-order valence-corrected chi connectivity index (χ4v) is 2.47. The number of carbonyl (C=O) groups excluding carboxylic acids is 1. The van der Waals surface area contributed by atoms with Crippen molar-refractivity contribution >= 4 is 21.7 Å². The van der Waals surface area contributed by atoms with E-state index >= 15 is 0 Å². The number of hydrogen-bond acceptors (Lipinski definition) is 4. The second kappa shape index (κ2) is 5.78. The van der Waals surface area contributed by atoms with Gasteiger partial charge in [0.15, 0.2) is 0 Å². The maximum Gasteiger partial charge on any atom is 0.322 e. The van der Waals surface area contributed by atoms with Crippen LogP contribution < -0.4 is 10.5 Å². The van der Waals surface area contributed by atoms with Crippen LogP contribution in [0.2, 0.25) is 0 Å². The van der Waals surface area contributed by atoms with E-state index in [1.807, 2.05) is 6.92 Å². The van der Waals surface area contributed by atoms with E-state index in [0.29, 0.717) is 25.4 Å². The topological polar surface area (TPSA) is 102 Å². The number of hydrogen-bond donors (Lipinski definition) is 2. The molecule has 0 bridgehead atoms. The Kier molecular flexibility index (Phi) is 4.26. The molecule has 20 heavy (non-hydrogen) atoms. The molecule has 3 N–H and O–H groups in total. The van der Waals surface area contributed by atoms with Crippen molar-refractivity contribution in [3.63, 3.8) is 0 Å². The van der Waals surface area contributed by atoms with Crippen molar-refractivity contribution in [2.75, 3.05) is 25.1 Å². The Bertz CT molecular complexity index is 585. The number of benzene rings is 1. The lowest BCUT2D eigenvalue weighted by Gasteiger charge is -2.33. The van der Waals surface area contributed by atoms with Crippen LogP contribution in [0.25, 0.3) is 0 Å². The maximum absolute atomic E-state index is 12.1. The van der Waals surface area contributed by atoms with E-state index in [4.69, 9.17) is 9.88 Å². The van der Waals surface area contributed by atoms with E-state index in [-0.39, 0.29) is 17.0 Å². The van der Waals surface area contributed by atoms with Crippen LogP contribution in [-0.4, -0.2) is 45.1 Å².